The summed E-state index contributed by atoms with van der Waals surface area (Å²) >= 11 is 10.6. The standard InChI is InChI=1S/C14H19BrN2S2/c1-19-11-4-2-3-10(8-11)17-13-7-9(15)5-6-12(13)14(16)18/h5-7,10-11,17H,2-4,8H2,1H3,(H2,16,18). The fourth-order valence-corrected chi connectivity index (χ4v) is 3.93. The average molecular weight is 359 g/mol. The van der Waals surface area contributed by atoms with E-state index in [1.807, 2.05) is 23.9 Å². The van der Waals surface area contributed by atoms with Crippen LogP contribution in [-0.4, -0.2) is 22.5 Å². The highest BCUT2D eigenvalue weighted by Crippen LogP contribution is 2.30. The van der Waals surface area contributed by atoms with Crippen molar-refractivity contribution in [3.8, 4) is 0 Å². The van der Waals surface area contributed by atoms with Crippen molar-refractivity contribution < 1.29 is 0 Å². The molecule has 0 bridgehead atoms. The summed E-state index contributed by atoms with van der Waals surface area (Å²) in [6.45, 7) is 0. The number of nitrogens with two attached hydrogens (primary N) is 1. The molecule has 19 heavy (non-hydrogen) atoms. The van der Waals surface area contributed by atoms with Gasteiger partial charge in [0.25, 0.3) is 0 Å². The zero-order valence-corrected chi connectivity index (χ0v) is 14.2. The molecule has 1 aromatic carbocycles. The minimum absolute atomic E-state index is 0.451. The van der Waals surface area contributed by atoms with Gasteiger partial charge >= 0.3 is 0 Å². The Hall–Kier alpha value is -0.260. The van der Waals surface area contributed by atoms with Gasteiger partial charge in [-0.1, -0.05) is 34.6 Å². The largest absolute Gasteiger partial charge is 0.389 e. The number of hydrogen-bond acceptors (Lipinski definition) is 3. The summed E-state index contributed by atoms with van der Waals surface area (Å²) in [5, 5.41) is 4.40. The second-order valence-corrected chi connectivity index (χ2v) is 7.41. The minimum Gasteiger partial charge on any atom is -0.389 e. The van der Waals surface area contributed by atoms with Gasteiger partial charge in [0.1, 0.15) is 4.99 Å². The van der Waals surface area contributed by atoms with Gasteiger partial charge in [0, 0.05) is 27.0 Å². The van der Waals surface area contributed by atoms with Crippen molar-refractivity contribution in [2.75, 3.05) is 11.6 Å². The van der Waals surface area contributed by atoms with Crippen LogP contribution in [0.2, 0.25) is 0 Å². The molecule has 2 atom stereocenters. The fraction of sp³-hybridized carbons (Fsp3) is 0.500. The van der Waals surface area contributed by atoms with E-state index < -0.39 is 0 Å². The molecular formula is C14H19BrN2S2. The first-order valence-electron chi connectivity index (χ1n) is 6.49. The highest BCUT2D eigenvalue weighted by molar-refractivity contribution is 9.10. The summed E-state index contributed by atoms with van der Waals surface area (Å²) in [6, 6.07) is 6.54. The van der Waals surface area contributed by atoms with Gasteiger partial charge in [-0.05, 0) is 43.7 Å². The van der Waals surface area contributed by atoms with Gasteiger partial charge in [0.2, 0.25) is 0 Å². The number of benzene rings is 1. The molecule has 1 aliphatic rings. The van der Waals surface area contributed by atoms with Crippen molar-refractivity contribution in [1.82, 2.24) is 0 Å². The maximum atomic E-state index is 5.80. The van der Waals surface area contributed by atoms with Gasteiger partial charge < -0.3 is 11.1 Å². The first-order valence-corrected chi connectivity index (χ1v) is 8.97. The lowest BCUT2D eigenvalue weighted by molar-refractivity contribution is 0.473. The van der Waals surface area contributed by atoms with E-state index in [9.17, 15) is 0 Å². The number of rotatable bonds is 4. The molecule has 2 unspecified atom stereocenters. The molecule has 0 radical (unpaired) electrons. The zero-order chi connectivity index (χ0) is 13.8. The molecule has 1 saturated carbocycles. The van der Waals surface area contributed by atoms with Crippen molar-refractivity contribution in [2.45, 2.75) is 37.0 Å². The van der Waals surface area contributed by atoms with Crippen LogP contribution in [0.3, 0.4) is 0 Å². The van der Waals surface area contributed by atoms with Gasteiger partial charge in [0.15, 0.2) is 0 Å². The van der Waals surface area contributed by atoms with Crippen LogP contribution in [0.5, 0.6) is 0 Å². The predicted molar refractivity (Wildman–Crippen MR) is 93.2 cm³/mol. The van der Waals surface area contributed by atoms with Crippen LogP contribution in [0, 0.1) is 0 Å². The molecule has 5 heteroatoms. The minimum atomic E-state index is 0.451. The van der Waals surface area contributed by atoms with E-state index in [0.29, 0.717) is 11.0 Å². The number of anilines is 1. The van der Waals surface area contributed by atoms with Crippen LogP contribution in [-0.2, 0) is 0 Å². The summed E-state index contributed by atoms with van der Waals surface area (Å²) in [5.74, 6) is 0. The van der Waals surface area contributed by atoms with Crippen molar-refractivity contribution in [3.05, 3.63) is 28.2 Å². The van der Waals surface area contributed by atoms with Gasteiger partial charge in [-0.3, -0.25) is 0 Å². The topological polar surface area (TPSA) is 38.0 Å². The third kappa shape index (κ3) is 4.10. The quantitative estimate of drug-likeness (QED) is 0.792. The highest BCUT2D eigenvalue weighted by Gasteiger charge is 2.22. The van der Waals surface area contributed by atoms with E-state index in [1.165, 1.54) is 25.7 Å². The second kappa shape index (κ2) is 6.95. The Morgan fingerprint density at radius 2 is 2.26 bits per heavy atom. The van der Waals surface area contributed by atoms with E-state index in [2.05, 4.69) is 33.6 Å². The Morgan fingerprint density at radius 3 is 2.95 bits per heavy atom. The van der Waals surface area contributed by atoms with E-state index in [4.69, 9.17) is 18.0 Å². The lowest BCUT2D eigenvalue weighted by Crippen LogP contribution is -2.29. The third-order valence-electron chi connectivity index (χ3n) is 3.57. The summed E-state index contributed by atoms with van der Waals surface area (Å²) in [4.78, 5) is 0.451. The van der Waals surface area contributed by atoms with Crippen molar-refractivity contribution in [1.29, 1.82) is 0 Å². The number of halogens is 1. The van der Waals surface area contributed by atoms with E-state index in [-0.39, 0.29) is 0 Å². The van der Waals surface area contributed by atoms with E-state index in [0.717, 1.165) is 21.0 Å². The lowest BCUT2D eigenvalue weighted by atomic mass is 9.94. The molecule has 0 heterocycles. The smallest absolute Gasteiger partial charge is 0.106 e. The second-order valence-electron chi connectivity index (χ2n) is 4.92. The van der Waals surface area contributed by atoms with Gasteiger partial charge in [-0.25, -0.2) is 0 Å². The van der Waals surface area contributed by atoms with Crippen LogP contribution in [0.25, 0.3) is 0 Å². The van der Waals surface area contributed by atoms with Crippen molar-refractivity contribution in [2.24, 2.45) is 5.73 Å². The Balaban J connectivity index is 2.13. The molecule has 0 aliphatic heterocycles. The zero-order valence-electron chi connectivity index (χ0n) is 11.0. The molecule has 2 rings (SSSR count). The molecule has 0 saturated heterocycles. The van der Waals surface area contributed by atoms with E-state index in [1.54, 1.807) is 0 Å². The Kier molecular flexibility index (Phi) is 5.54. The predicted octanol–water partition coefficient (Wildman–Crippen LogP) is 4.17. The Bertz CT molecular complexity index is 465. The molecule has 2 nitrogen and oxygen atoms in total. The highest BCUT2D eigenvalue weighted by atomic mass is 79.9. The van der Waals surface area contributed by atoms with Gasteiger partial charge in [-0.2, -0.15) is 11.8 Å². The van der Waals surface area contributed by atoms with Crippen molar-refractivity contribution >= 4 is 50.6 Å². The van der Waals surface area contributed by atoms with Crippen LogP contribution >= 0.6 is 39.9 Å². The molecule has 3 N–H and O–H groups in total. The summed E-state index contributed by atoms with van der Waals surface area (Å²) in [7, 11) is 0. The normalized spacial score (nSPS) is 23.1. The molecule has 0 aromatic heterocycles. The monoisotopic (exact) mass is 358 g/mol. The Labute approximate surface area is 133 Å². The first kappa shape index (κ1) is 15.1. The maximum Gasteiger partial charge on any atom is 0.106 e. The third-order valence-corrected chi connectivity index (χ3v) is 5.37. The molecule has 0 spiro atoms. The maximum absolute atomic E-state index is 5.80. The SMILES string of the molecule is CSC1CCCC(Nc2cc(Br)ccc2C(N)=S)C1. The molecular weight excluding hydrogens is 340 g/mol. The van der Waals surface area contributed by atoms with Crippen LogP contribution in [0.15, 0.2) is 22.7 Å². The van der Waals surface area contributed by atoms with Crippen LogP contribution in [0.1, 0.15) is 31.2 Å². The molecule has 1 aromatic rings. The molecule has 0 amide bonds. The number of nitrogens with one attached hydrogen (secondary N) is 1. The fourth-order valence-electron chi connectivity index (χ4n) is 2.56. The van der Waals surface area contributed by atoms with Crippen molar-refractivity contribution in [3.63, 3.8) is 0 Å². The first-order chi connectivity index (χ1) is 9.10. The van der Waals surface area contributed by atoms with Crippen LogP contribution < -0.4 is 11.1 Å². The number of thioether (sulfide) groups is 1. The summed E-state index contributed by atoms with van der Waals surface area (Å²) in [5.41, 5.74) is 7.78. The number of thiocarbonyl (C=S) groups is 1. The summed E-state index contributed by atoms with van der Waals surface area (Å²) in [6.07, 6.45) is 7.26. The average Bonchev–Trinajstić information content (AvgIpc) is 2.38. The van der Waals surface area contributed by atoms with Gasteiger partial charge in [0.05, 0.1) is 0 Å². The molecule has 1 aliphatic carbocycles. The summed E-state index contributed by atoms with van der Waals surface area (Å²) < 4.78 is 1.05. The molecule has 104 valence electrons. The molecule has 1 fully saturated rings. The van der Waals surface area contributed by atoms with Crippen LogP contribution in [0.4, 0.5) is 5.69 Å². The number of hydrogen-bond donors (Lipinski definition) is 2. The lowest BCUT2D eigenvalue weighted by Gasteiger charge is -2.30. The van der Waals surface area contributed by atoms with Gasteiger partial charge in [-0.15, -0.1) is 0 Å². The van der Waals surface area contributed by atoms with E-state index >= 15 is 0 Å². The Morgan fingerprint density at radius 1 is 1.47 bits per heavy atom.